The van der Waals surface area contributed by atoms with Crippen molar-refractivity contribution in [1.29, 1.82) is 0 Å². The van der Waals surface area contributed by atoms with Crippen LogP contribution in [0.5, 0.6) is 0 Å². The molecule has 0 aromatic heterocycles. The van der Waals surface area contributed by atoms with Gasteiger partial charge in [0.15, 0.2) is 0 Å². The van der Waals surface area contributed by atoms with Crippen LogP contribution in [-0.4, -0.2) is 12.4 Å². The molecule has 4 heteroatoms. The molecule has 0 saturated carbocycles. The molecule has 0 aliphatic heterocycles. The molecule has 0 spiro atoms. The van der Waals surface area contributed by atoms with E-state index >= 15 is 0 Å². The first-order chi connectivity index (χ1) is 2.41. The Morgan fingerprint density at radius 2 is 2.17 bits per heavy atom. The Bertz CT molecular complexity index is 32.7. The SMILES string of the molecule is Cl.O=NCCCl. The number of hydrogen-bond donors (Lipinski definition) is 0. The van der Waals surface area contributed by atoms with Gasteiger partial charge in [-0.1, -0.05) is 5.18 Å². The summed E-state index contributed by atoms with van der Waals surface area (Å²) in [7, 11) is 0. The van der Waals surface area contributed by atoms with Crippen molar-refractivity contribution in [2.24, 2.45) is 5.18 Å². The highest BCUT2D eigenvalue weighted by atomic mass is 35.5. The second-order valence-electron chi connectivity index (χ2n) is 0.542. The molecule has 0 bridgehead atoms. The molecule has 0 heterocycles. The maximum Gasteiger partial charge on any atom is 0.0946 e. The van der Waals surface area contributed by atoms with Crippen LogP contribution in [0.15, 0.2) is 5.18 Å². The van der Waals surface area contributed by atoms with Crippen molar-refractivity contribution in [2.75, 3.05) is 12.4 Å². The van der Waals surface area contributed by atoms with Crippen molar-refractivity contribution < 1.29 is 0 Å². The van der Waals surface area contributed by atoms with E-state index in [0.29, 0.717) is 5.88 Å². The highest BCUT2D eigenvalue weighted by Gasteiger charge is 1.69. The molecule has 0 rings (SSSR count). The molecule has 0 saturated heterocycles. The molecule has 0 N–H and O–H groups in total. The lowest BCUT2D eigenvalue weighted by atomic mass is 10.8. The fourth-order valence-electron chi connectivity index (χ4n) is 0.0345. The van der Waals surface area contributed by atoms with Crippen LogP contribution >= 0.6 is 24.0 Å². The Morgan fingerprint density at radius 3 is 2.17 bits per heavy atom. The zero-order valence-corrected chi connectivity index (χ0v) is 4.63. The maximum absolute atomic E-state index is 9.07. The van der Waals surface area contributed by atoms with Crippen molar-refractivity contribution in [2.45, 2.75) is 0 Å². The molecule has 0 aromatic carbocycles. The summed E-state index contributed by atoms with van der Waals surface area (Å²) in [5, 5.41) is 2.47. The van der Waals surface area contributed by atoms with Gasteiger partial charge >= 0.3 is 0 Å². The van der Waals surface area contributed by atoms with E-state index in [1.54, 1.807) is 0 Å². The second kappa shape index (κ2) is 8.95. The highest BCUT2D eigenvalue weighted by molar-refractivity contribution is 6.18. The average Bonchev–Trinajstić information content (AvgIpc) is 1.41. The normalized spacial score (nSPS) is 6.17. The zero-order valence-electron chi connectivity index (χ0n) is 3.06. The molecule has 2 nitrogen and oxygen atoms in total. The Hall–Kier alpha value is 0.180. The number of alkyl halides is 1. The fraction of sp³-hybridized carbons (Fsp3) is 1.00. The van der Waals surface area contributed by atoms with Gasteiger partial charge in [0, 0.05) is 5.88 Å². The molecule has 0 atom stereocenters. The predicted octanol–water partition coefficient (Wildman–Crippen LogP) is 1.41. The lowest BCUT2D eigenvalue weighted by molar-refractivity contribution is 1.12. The minimum atomic E-state index is 0. The van der Waals surface area contributed by atoms with E-state index in [0.717, 1.165) is 0 Å². The third-order valence-corrected chi connectivity index (χ3v) is 0.345. The van der Waals surface area contributed by atoms with E-state index in [4.69, 9.17) is 16.5 Å². The van der Waals surface area contributed by atoms with E-state index in [1.807, 2.05) is 0 Å². The zero-order chi connectivity index (χ0) is 4.12. The molecule has 0 unspecified atom stereocenters. The van der Waals surface area contributed by atoms with Crippen molar-refractivity contribution in [3.63, 3.8) is 0 Å². The summed E-state index contributed by atoms with van der Waals surface area (Å²) in [6.45, 7) is 0.224. The third-order valence-electron chi connectivity index (χ3n) is 0.176. The molecular formula is C2H5Cl2NO. The van der Waals surface area contributed by atoms with Gasteiger partial charge in [-0.2, -0.15) is 4.91 Å². The van der Waals surface area contributed by atoms with Gasteiger partial charge in [-0.15, -0.1) is 24.0 Å². The average molecular weight is 130 g/mol. The standard InChI is InChI=1S/C2H4ClNO.ClH/c3-1-2-4-5;/h1-2H2;1H. The summed E-state index contributed by atoms with van der Waals surface area (Å²) in [5.74, 6) is 0.337. The first kappa shape index (κ1) is 9.49. The number of nitroso groups, excluding NO2 is 1. The van der Waals surface area contributed by atoms with Gasteiger partial charge in [-0.3, -0.25) is 0 Å². The molecular weight excluding hydrogens is 125 g/mol. The fourth-order valence-corrected chi connectivity index (χ4v) is 0.104. The second-order valence-corrected chi connectivity index (χ2v) is 0.920. The minimum Gasteiger partial charge on any atom is -0.151 e. The van der Waals surface area contributed by atoms with E-state index < -0.39 is 0 Å². The van der Waals surface area contributed by atoms with Gasteiger partial charge < -0.3 is 0 Å². The minimum absolute atomic E-state index is 0. The largest absolute Gasteiger partial charge is 0.151 e. The van der Waals surface area contributed by atoms with Crippen LogP contribution in [0.3, 0.4) is 0 Å². The summed E-state index contributed by atoms with van der Waals surface area (Å²) in [4.78, 5) is 9.07. The van der Waals surface area contributed by atoms with E-state index in [2.05, 4.69) is 5.18 Å². The molecule has 38 valence electrons. The lowest BCUT2D eigenvalue weighted by Gasteiger charge is -1.66. The Labute approximate surface area is 47.3 Å². The Morgan fingerprint density at radius 1 is 1.67 bits per heavy atom. The monoisotopic (exact) mass is 129 g/mol. The number of hydrogen-bond acceptors (Lipinski definition) is 2. The Kier molecular flexibility index (Phi) is 14.2. The highest BCUT2D eigenvalue weighted by Crippen LogP contribution is 1.71. The summed E-state index contributed by atoms with van der Waals surface area (Å²) in [6.07, 6.45) is 0. The quantitative estimate of drug-likeness (QED) is 0.410. The van der Waals surface area contributed by atoms with Crippen LogP contribution in [0.2, 0.25) is 0 Å². The smallest absolute Gasteiger partial charge is 0.0946 e. The van der Waals surface area contributed by atoms with E-state index in [-0.39, 0.29) is 19.0 Å². The topological polar surface area (TPSA) is 29.4 Å². The first-order valence-corrected chi connectivity index (χ1v) is 1.80. The van der Waals surface area contributed by atoms with E-state index in [1.165, 1.54) is 0 Å². The van der Waals surface area contributed by atoms with Gasteiger partial charge in [0.2, 0.25) is 0 Å². The molecule has 0 aromatic rings. The predicted molar refractivity (Wildman–Crippen MR) is 28.6 cm³/mol. The van der Waals surface area contributed by atoms with Gasteiger partial charge in [0.1, 0.15) is 0 Å². The van der Waals surface area contributed by atoms with Crippen LogP contribution in [0.25, 0.3) is 0 Å². The molecule has 0 radical (unpaired) electrons. The Balaban J connectivity index is 0. The lowest BCUT2D eigenvalue weighted by Crippen LogP contribution is -1.72. The van der Waals surface area contributed by atoms with Crippen LogP contribution in [0.1, 0.15) is 0 Å². The van der Waals surface area contributed by atoms with Crippen molar-refractivity contribution >= 4 is 24.0 Å². The third kappa shape index (κ3) is 8.89. The van der Waals surface area contributed by atoms with Crippen LogP contribution in [0, 0.1) is 4.91 Å². The van der Waals surface area contributed by atoms with Gasteiger partial charge in [0.05, 0.1) is 6.54 Å². The maximum atomic E-state index is 9.07. The summed E-state index contributed by atoms with van der Waals surface area (Å²) in [6, 6.07) is 0. The number of nitrogens with zero attached hydrogens (tertiary/aromatic N) is 1. The number of rotatable bonds is 2. The van der Waals surface area contributed by atoms with Crippen LogP contribution < -0.4 is 0 Å². The summed E-state index contributed by atoms with van der Waals surface area (Å²) >= 11 is 5.01. The van der Waals surface area contributed by atoms with Crippen molar-refractivity contribution in [3.05, 3.63) is 4.91 Å². The van der Waals surface area contributed by atoms with E-state index in [9.17, 15) is 0 Å². The van der Waals surface area contributed by atoms with Gasteiger partial charge in [-0.25, -0.2) is 0 Å². The van der Waals surface area contributed by atoms with Crippen molar-refractivity contribution in [3.8, 4) is 0 Å². The molecule has 0 aliphatic carbocycles. The summed E-state index contributed by atoms with van der Waals surface area (Å²) in [5.41, 5.74) is 0. The van der Waals surface area contributed by atoms with Crippen LogP contribution in [-0.2, 0) is 0 Å². The van der Waals surface area contributed by atoms with Crippen molar-refractivity contribution in [1.82, 2.24) is 0 Å². The van der Waals surface area contributed by atoms with Gasteiger partial charge in [0.25, 0.3) is 0 Å². The first-order valence-electron chi connectivity index (χ1n) is 1.27. The van der Waals surface area contributed by atoms with Gasteiger partial charge in [-0.05, 0) is 0 Å². The molecule has 0 aliphatic rings. The molecule has 6 heavy (non-hydrogen) atoms. The number of halogens is 2. The molecule has 0 fully saturated rings. The molecule has 0 amide bonds. The summed E-state index contributed by atoms with van der Waals surface area (Å²) < 4.78 is 0. The van der Waals surface area contributed by atoms with Crippen LogP contribution in [0.4, 0.5) is 0 Å².